The van der Waals surface area contributed by atoms with Crippen molar-refractivity contribution >= 4 is 39.6 Å². The summed E-state index contributed by atoms with van der Waals surface area (Å²) < 4.78 is 5.26. The van der Waals surface area contributed by atoms with Crippen LogP contribution in [0.15, 0.2) is 32.4 Å². The summed E-state index contributed by atoms with van der Waals surface area (Å²) in [5.41, 5.74) is 9.45. The van der Waals surface area contributed by atoms with Gasteiger partial charge in [0.15, 0.2) is 0 Å². The summed E-state index contributed by atoms with van der Waals surface area (Å²) in [7, 11) is 3.90. The van der Waals surface area contributed by atoms with E-state index >= 15 is 0 Å². The number of benzene rings is 1. The second-order valence-electron chi connectivity index (χ2n) is 4.30. The summed E-state index contributed by atoms with van der Waals surface area (Å²) in [6.07, 6.45) is 1.51. The fourth-order valence-corrected chi connectivity index (χ4v) is 2.29. The maximum atomic E-state index is 11.6. The average Bonchev–Trinajstić information content (AvgIpc) is 2.84. The van der Waals surface area contributed by atoms with Crippen molar-refractivity contribution in [1.82, 2.24) is 15.7 Å². The van der Waals surface area contributed by atoms with E-state index in [2.05, 4.69) is 41.4 Å². The molecule has 0 aliphatic heterocycles. The van der Waals surface area contributed by atoms with Crippen LogP contribution in [0, 0.1) is 0 Å². The minimum absolute atomic E-state index is 0.0826. The minimum Gasteiger partial charge on any atom is -0.379 e. The van der Waals surface area contributed by atoms with Gasteiger partial charge in [-0.3, -0.25) is 4.79 Å². The first-order valence-corrected chi connectivity index (χ1v) is 6.66. The van der Waals surface area contributed by atoms with Crippen molar-refractivity contribution in [2.75, 3.05) is 24.7 Å². The molecular formula is C12H13BrN6O2. The van der Waals surface area contributed by atoms with Gasteiger partial charge in [0.2, 0.25) is 11.5 Å². The van der Waals surface area contributed by atoms with E-state index in [1.54, 1.807) is 0 Å². The van der Waals surface area contributed by atoms with E-state index in [4.69, 9.17) is 5.73 Å². The third kappa shape index (κ3) is 3.57. The van der Waals surface area contributed by atoms with Crippen LogP contribution in [0.25, 0.3) is 0 Å². The van der Waals surface area contributed by atoms with Crippen LogP contribution in [0.5, 0.6) is 0 Å². The number of hydrogen-bond acceptors (Lipinski definition) is 7. The molecule has 1 amide bonds. The Bertz CT molecular complexity index is 682. The lowest BCUT2D eigenvalue weighted by molar-refractivity contribution is 0.0946. The summed E-state index contributed by atoms with van der Waals surface area (Å²) in [6, 6.07) is 5.70. The molecule has 1 aromatic heterocycles. The average molecular weight is 353 g/mol. The number of aromatic nitrogens is 2. The van der Waals surface area contributed by atoms with Gasteiger partial charge in [-0.15, -0.1) is 0 Å². The zero-order valence-corrected chi connectivity index (χ0v) is 13.0. The van der Waals surface area contributed by atoms with Crippen LogP contribution in [0.1, 0.15) is 16.1 Å². The van der Waals surface area contributed by atoms with Crippen molar-refractivity contribution in [2.24, 2.45) is 5.10 Å². The number of nitrogens with zero attached hydrogens (tertiary/aromatic N) is 4. The van der Waals surface area contributed by atoms with Gasteiger partial charge in [0.05, 0.1) is 11.9 Å². The lowest BCUT2D eigenvalue weighted by atomic mass is 10.2. The Morgan fingerprint density at radius 3 is 2.81 bits per heavy atom. The summed E-state index contributed by atoms with van der Waals surface area (Å²) in [5, 5.41) is 10.5. The predicted octanol–water partition coefficient (Wildman–Crippen LogP) is 1.24. The number of hydrogen-bond donors (Lipinski definition) is 2. The maximum Gasteiger partial charge on any atom is 0.297 e. The lowest BCUT2D eigenvalue weighted by Gasteiger charge is -2.14. The highest BCUT2D eigenvalue weighted by Crippen LogP contribution is 2.25. The molecule has 0 aliphatic rings. The van der Waals surface area contributed by atoms with Crippen molar-refractivity contribution < 1.29 is 9.42 Å². The Morgan fingerprint density at radius 1 is 1.48 bits per heavy atom. The molecule has 0 bridgehead atoms. The molecular weight excluding hydrogens is 340 g/mol. The lowest BCUT2D eigenvalue weighted by Crippen LogP contribution is -2.19. The third-order valence-corrected chi connectivity index (χ3v) is 3.20. The third-order valence-electron chi connectivity index (χ3n) is 2.56. The van der Waals surface area contributed by atoms with E-state index in [-0.39, 0.29) is 11.5 Å². The number of carbonyl (C=O) groups is 1. The van der Waals surface area contributed by atoms with Gasteiger partial charge < -0.3 is 10.6 Å². The molecule has 0 fully saturated rings. The number of anilines is 2. The summed E-state index contributed by atoms with van der Waals surface area (Å²) in [6.45, 7) is 0. The Balaban J connectivity index is 2.03. The van der Waals surface area contributed by atoms with E-state index in [1.807, 2.05) is 37.2 Å². The SMILES string of the molecule is CN(C)c1ccc(/C=N\NC(=O)c2nonc2N)cc1Br. The smallest absolute Gasteiger partial charge is 0.297 e. The molecule has 0 unspecified atom stereocenters. The van der Waals surface area contributed by atoms with E-state index < -0.39 is 5.91 Å². The van der Waals surface area contributed by atoms with Crippen LogP contribution >= 0.6 is 15.9 Å². The number of amides is 1. The van der Waals surface area contributed by atoms with Gasteiger partial charge in [-0.2, -0.15) is 5.10 Å². The number of nitrogen functional groups attached to an aromatic ring is 1. The molecule has 0 atom stereocenters. The fraction of sp³-hybridized carbons (Fsp3) is 0.167. The topological polar surface area (TPSA) is 110 Å². The predicted molar refractivity (Wildman–Crippen MR) is 82.2 cm³/mol. The first kappa shape index (κ1) is 15.0. The van der Waals surface area contributed by atoms with Crippen LogP contribution in [0.2, 0.25) is 0 Å². The molecule has 110 valence electrons. The second kappa shape index (κ2) is 6.35. The highest BCUT2D eigenvalue weighted by molar-refractivity contribution is 9.10. The molecule has 3 N–H and O–H groups in total. The van der Waals surface area contributed by atoms with E-state index in [0.717, 1.165) is 15.7 Å². The number of carbonyl (C=O) groups excluding carboxylic acids is 1. The van der Waals surface area contributed by atoms with Crippen LogP contribution < -0.4 is 16.1 Å². The van der Waals surface area contributed by atoms with Crippen LogP contribution in [-0.2, 0) is 0 Å². The zero-order chi connectivity index (χ0) is 15.4. The van der Waals surface area contributed by atoms with Crippen molar-refractivity contribution in [2.45, 2.75) is 0 Å². The van der Waals surface area contributed by atoms with Gasteiger partial charge in [-0.25, -0.2) is 10.1 Å². The van der Waals surface area contributed by atoms with E-state index in [9.17, 15) is 4.79 Å². The molecule has 1 aromatic carbocycles. The molecule has 8 nitrogen and oxygen atoms in total. The monoisotopic (exact) mass is 352 g/mol. The molecule has 0 aliphatic carbocycles. The van der Waals surface area contributed by atoms with Gasteiger partial charge in [0, 0.05) is 18.6 Å². The van der Waals surface area contributed by atoms with Crippen molar-refractivity contribution in [3.8, 4) is 0 Å². The van der Waals surface area contributed by atoms with Gasteiger partial charge in [0.25, 0.3) is 5.91 Å². The van der Waals surface area contributed by atoms with Crippen LogP contribution in [0.3, 0.4) is 0 Å². The van der Waals surface area contributed by atoms with E-state index in [0.29, 0.717) is 0 Å². The number of halogens is 1. The van der Waals surface area contributed by atoms with Crippen LogP contribution in [-0.4, -0.2) is 36.5 Å². The van der Waals surface area contributed by atoms with Gasteiger partial charge in [0.1, 0.15) is 0 Å². The molecule has 0 saturated heterocycles. The summed E-state index contributed by atoms with van der Waals surface area (Å²) in [5.74, 6) is -0.672. The van der Waals surface area contributed by atoms with Crippen molar-refractivity contribution in [3.05, 3.63) is 33.9 Å². The maximum absolute atomic E-state index is 11.6. The largest absolute Gasteiger partial charge is 0.379 e. The number of nitrogens with two attached hydrogens (primary N) is 1. The number of rotatable bonds is 4. The summed E-state index contributed by atoms with van der Waals surface area (Å²) in [4.78, 5) is 13.6. The first-order valence-electron chi connectivity index (χ1n) is 5.87. The zero-order valence-electron chi connectivity index (χ0n) is 11.4. The molecule has 2 rings (SSSR count). The quantitative estimate of drug-likeness (QED) is 0.632. The van der Waals surface area contributed by atoms with Crippen molar-refractivity contribution in [3.63, 3.8) is 0 Å². The second-order valence-corrected chi connectivity index (χ2v) is 5.16. The van der Waals surface area contributed by atoms with E-state index in [1.165, 1.54) is 6.21 Å². The molecule has 21 heavy (non-hydrogen) atoms. The Kier molecular flexibility index (Phi) is 4.53. The molecule has 1 heterocycles. The molecule has 0 radical (unpaired) electrons. The van der Waals surface area contributed by atoms with Gasteiger partial charge >= 0.3 is 0 Å². The molecule has 0 saturated carbocycles. The minimum atomic E-state index is -0.589. The Hall–Kier alpha value is -2.42. The van der Waals surface area contributed by atoms with Gasteiger partial charge in [-0.1, -0.05) is 6.07 Å². The highest BCUT2D eigenvalue weighted by Gasteiger charge is 2.14. The standard InChI is InChI=1S/C12H13BrN6O2/c1-19(2)9-4-3-7(5-8(9)13)6-15-16-12(20)10-11(14)18-21-17-10/h3-6H,1-2H3,(H2,14,18)(H,16,20)/b15-6-. The Labute approximate surface area is 129 Å². The van der Waals surface area contributed by atoms with Gasteiger partial charge in [-0.05, 0) is 43.9 Å². The fourth-order valence-electron chi connectivity index (χ4n) is 1.54. The molecule has 2 aromatic rings. The van der Waals surface area contributed by atoms with Crippen molar-refractivity contribution in [1.29, 1.82) is 0 Å². The summed E-state index contributed by atoms with van der Waals surface area (Å²) >= 11 is 3.47. The van der Waals surface area contributed by atoms with Crippen LogP contribution in [0.4, 0.5) is 11.5 Å². The number of nitrogens with one attached hydrogen (secondary N) is 1. The first-order chi connectivity index (χ1) is 9.99. The normalized spacial score (nSPS) is 10.8. The highest BCUT2D eigenvalue weighted by atomic mass is 79.9. The number of hydrazone groups is 1. The Morgan fingerprint density at radius 2 is 2.24 bits per heavy atom. The molecule has 0 spiro atoms. The molecule has 9 heteroatoms.